The van der Waals surface area contributed by atoms with Gasteiger partial charge in [-0.25, -0.2) is 4.68 Å². The van der Waals surface area contributed by atoms with Crippen molar-refractivity contribution in [2.75, 3.05) is 24.6 Å². The molecule has 1 aliphatic heterocycles. The average molecular weight is 482 g/mol. The van der Waals surface area contributed by atoms with Crippen LogP contribution in [-0.4, -0.2) is 55.7 Å². The number of fused-ring (bicyclic) bond motifs is 2. The third-order valence-corrected chi connectivity index (χ3v) is 7.04. The molecule has 1 aliphatic rings. The zero-order valence-corrected chi connectivity index (χ0v) is 19.4. The van der Waals surface area contributed by atoms with Gasteiger partial charge in [-0.2, -0.15) is 11.8 Å². The number of tetrazole rings is 1. The first-order chi connectivity index (χ1) is 16.2. The molecule has 0 aliphatic carbocycles. The van der Waals surface area contributed by atoms with Gasteiger partial charge >= 0.3 is 0 Å². The van der Waals surface area contributed by atoms with Crippen molar-refractivity contribution in [3.63, 3.8) is 0 Å². The predicted molar refractivity (Wildman–Crippen MR) is 130 cm³/mol. The Labute approximate surface area is 200 Å². The summed E-state index contributed by atoms with van der Waals surface area (Å²) in [4.78, 5) is 16.7. The number of halogens is 1. The first-order valence-corrected chi connectivity index (χ1v) is 12.4. The molecule has 3 heterocycles. The van der Waals surface area contributed by atoms with Gasteiger partial charge in [0, 0.05) is 53.1 Å². The summed E-state index contributed by atoms with van der Waals surface area (Å²) in [6.07, 6.45) is 2.43. The first kappa shape index (κ1) is 21.9. The molecule has 2 aromatic heterocycles. The number of hydrogen-bond acceptors (Lipinski definition) is 6. The minimum atomic E-state index is -0.588. The number of H-pyrrole nitrogens is 1. The van der Waals surface area contributed by atoms with Crippen LogP contribution >= 0.6 is 23.4 Å². The number of carbonyl (C=O) groups is 1. The Balaban J connectivity index is 1.56. The number of nitrogens with one attached hydrogen (secondary N) is 3. The summed E-state index contributed by atoms with van der Waals surface area (Å²) in [5, 5.41) is 21.0. The second-order valence-corrected chi connectivity index (χ2v) is 9.56. The second kappa shape index (κ2) is 9.94. The van der Waals surface area contributed by atoms with E-state index in [0.29, 0.717) is 23.8 Å². The molecule has 3 N–H and O–H groups in total. The van der Waals surface area contributed by atoms with Crippen molar-refractivity contribution in [2.24, 2.45) is 0 Å². The molecular formula is C23H24ClN7OS. The molecule has 2 atom stereocenters. The number of para-hydroxylation sites is 1. The lowest BCUT2D eigenvalue weighted by Gasteiger charge is -2.24. The van der Waals surface area contributed by atoms with Gasteiger partial charge in [-0.3, -0.25) is 4.79 Å². The number of amides is 1. The number of hydrogen-bond donors (Lipinski definition) is 3. The summed E-state index contributed by atoms with van der Waals surface area (Å²) >= 11 is 7.92. The van der Waals surface area contributed by atoms with Gasteiger partial charge < -0.3 is 15.6 Å². The van der Waals surface area contributed by atoms with Gasteiger partial charge in [0.05, 0.1) is 6.04 Å². The molecule has 1 amide bonds. The van der Waals surface area contributed by atoms with Gasteiger partial charge in [0.15, 0.2) is 5.82 Å². The monoisotopic (exact) mass is 481 g/mol. The van der Waals surface area contributed by atoms with Crippen LogP contribution in [0, 0.1) is 0 Å². The summed E-state index contributed by atoms with van der Waals surface area (Å²) in [7, 11) is 0. The molecule has 0 radical (unpaired) electrons. The minimum absolute atomic E-state index is 0.0927. The number of carbonyl (C=O) groups excluding carboxylic acids is 1. The zero-order valence-electron chi connectivity index (χ0n) is 17.9. The van der Waals surface area contributed by atoms with Crippen molar-refractivity contribution in [1.82, 2.24) is 35.8 Å². The Bertz CT molecular complexity index is 1240. The predicted octanol–water partition coefficient (Wildman–Crippen LogP) is 3.13. The number of benzene rings is 2. The van der Waals surface area contributed by atoms with Crippen LogP contribution < -0.4 is 10.6 Å². The SMILES string of the molecule is O=C1NCCSCCNC(c2ccc(Cl)cc2)c2nnnn2C1Cc1c[nH]c2ccccc12. The van der Waals surface area contributed by atoms with Gasteiger partial charge in [-0.15, -0.1) is 5.10 Å². The summed E-state index contributed by atoms with van der Waals surface area (Å²) in [6, 6.07) is 14.9. The molecular weight excluding hydrogens is 458 g/mol. The van der Waals surface area contributed by atoms with E-state index in [0.717, 1.165) is 40.1 Å². The van der Waals surface area contributed by atoms with Crippen LogP contribution in [-0.2, 0) is 11.2 Å². The molecule has 5 rings (SSSR count). The molecule has 0 bridgehead atoms. The van der Waals surface area contributed by atoms with Gasteiger partial charge in [-0.1, -0.05) is 41.9 Å². The summed E-state index contributed by atoms with van der Waals surface area (Å²) in [5.41, 5.74) is 3.07. The number of aromatic amines is 1. The van der Waals surface area contributed by atoms with E-state index in [9.17, 15) is 4.79 Å². The third-order valence-electron chi connectivity index (χ3n) is 5.81. The fourth-order valence-electron chi connectivity index (χ4n) is 4.17. The van der Waals surface area contributed by atoms with Crippen molar-refractivity contribution in [3.05, 3.63) is 76.7 Å². The van der Waals surface area contributed by atoms with Crippen molar-refractivity contribution in [2.45, 2.75) is 18.5 Å². The molecule has 170 valence electrons. The molecule has 0 saturated carbocycles. The van der Waals surface area contributed by atoms with Crippen molar-refractivity contribution in [3.8, 4) is 0 Å². The van der Waals surface area contributed by atoms with Gasteiger partial charge in [0.2, 0.25) is 5.91 Å². The van der Waals surface area contributed by atoms with E-state index in [4.69, 9.17) is 11.6 Å². The van der Waals surface area contributed by atoms with Crippen LogP contribution in [0.15, 0.2) is 54.7 Å². The summed E-state index contributed by atoms with van der Waals surface area (Å²) < 4.78 is 1.66. The minimum Gasteiger partial charge on any atom is -0.361 e. The molecule has 0 saturated heterocycles. The quantitative estimate of drug-likeness (QED) is 0.415. The maximum atomic E-state index is 13.4. The molecule has 33 heavy (non-hydrogen) atoms. The fourth-order valence-corrected chi connectivity index (χ4v) is 5.01. The van der Waals surface area contributed by atoms with E-state index in [1.807, 2.05) is 48.7 Å². The molecule has 4 aromatic rings. The highest BCUT2D eigenvalue weighted by molar-refractivity contribution is 7.99. The highest BCUT2D eigenvalue weighted by atomic mass is 35.5. The first-order valence-electron chi connectivity index (χ1n) is 10.9. The van der Waals surface area contributed by atoms with Crippen LogP contribution in [0.1, 0.15) is 29.0 Å². The van der Waals surface area contributed by atoms with E-state index in [1.165, 1.54) is 0 Å². The van der Waals surface area contributed by atoms with E-state index in [1.54, 1.807) is 16.4 Å². The molecule has 0 spiro atoms. The van der Waals surface area contributed by atoms with E-state index < -0.39 is 6.04 Å². The number of aromatic nitrogens is 5. The van der Waals surface area contributed by atoms with E-state index in [2.05, 4.69) is 37.2 Å². The maximum Gasteiger partial charge on any atom is 0.245 e. The van der Waals surface area contributed by atoms with Gasteiger partial charge in [0.1, 0.15) is 6.04 Å². The standard InChI is InChI=1S/C23H24ClN7OS/c24-17-7-5-15(6-8-17)21-22-28-29-30-31(22)20(23(32)26-10-12-33-11-9-25-21)13-16-14-27-19-4-2-1-3-18(16)19/h1-8,14,20-21,25,27H,9-13H2,(H,26,32). The van der Waals surface area contributed by atoms with Crippen molar-refractivity contribution in [1.29, 1.82) is 0 Å². The Hall–Kier alpha value is -2.88. The topological polar surface area (TPSA) is 101 Å². The Morgan fingerprint density at radius 1 is 1.09 bits per heavy atom. The highest BCUT2D eigenvalue weighted by Crippen LogP contribution is 2.27. The maximum absolute atomic E-state index is 13.4. The molecule has 2 unspecified atom stereocenters. The Morgan fingerprint density at radius 2 is 1.91 bits per heavy atom. The fraction of sp³-hybridized carbons (Fsp3) is 0.304. The van der Waals surface area contributed by atoms with Crippen LogP contribution in [0.4, 0.5) is 0 Å². The lowest BCUT2D eigenvalue weighted by Crippen LogP contribution is -2.38. The van der Waals surface area contributed by atoms with Crippen LogP contribution in [0.2, 0.25) is 5.02 Å². The number of nitrogens with zero attached hydrogens (tertiary/aromatic N) is 4. The smallest absolute Gasteiger partial charge is 0.245 e. The molecule has 2 aromatic carbocycles. The lowest BCUT2D eigenvalue weighted by atomic mass is 10.0. The molecule has 0 fully saturated rings. The average Bonchev–Trinajstić information content (AvgIpc) is 3.46. The van der Waals surface area contributed by atoms with E-state index in [-0.39, 0.29) is 11.9 Å². The molecule has 10 heteroatoms. The van der Waals surface area contributed by atoms with Gasteiger partial charge in [0.25, 0.3) is 0 Å². The van der Waals surface area contributed by atoms with Crippen LogP contribution in [0.25, 0.3) is 10.9 Å². The third kappa shape index (κ3) is 4.75. The molecule has 8 nitrogen and oxygen atoms in total. The Kier molecular flexibility index (Phi) is 6.61. The van der Waals surface area contributed by atoms with Crippen molar-refractivity contribution >= 4 is 40.2 Å². The largest absolute Gasteiger partial charge is 0.361 e. The summed E-state index contributed by atoms with van der Waals surface area (Å²) in [6.45, 7) is 1.39. The normalized spacial score (nSPS) is 20.0. The Morgan fingerprint density at radius 3 is 2.79 bits per heavy atom. The van der Waals surface area contributed by atoms with Crippen LogP contribution in [0.5, 0.6) is 0 Å². The number of rotatable bonds is 3. The van der Waals surface area contributed by atoms with Crippen molar-refractivity contribution < 1.29 is 4.79 Å². The zero-order chi connectivity index (χ0) is 22.6. The van der Waals surface area contributed by atoms with Crippen LogP contribution in [0.3, 0.4) is 0 Å². The lowest BCUT2D eigenvalue weighted by molar-refractivity contribution is -0.124. The highest BCUT2D eigenvalue weighted by Gasteiger charge is 2.30. The van der Waals surface area contributed by atoms with Gasteiger partial charge in [-0.05, 0) is 39.8 Å². The number of thioether (sulfide) groups is 1. The second-order valence-electron chi connectivity index (χ2n) is 7.90. The van der Waals surface area contributed by atoms with E-state index >= 15 is 0 Å². The summed E-state index contributed by atoms with van der Waals surface area (Å²) in [5.74, 6) is 2.27.